The molecule has 234 valence electrons. The number of rotatable bonds is 10. The number of fused-ring (bicyclic) bond motifs is 1. The molecule has 0 bridgehead atoms. The predicted octanol–water partition coefficient (Wildman–Crippen LogP) is 5.49. The molecule has 0 aliphatic carbocycles. The first kappa shape index (κ1) is 32.0. The van der Waals surface area contributed by atoms with E-state index in [0.29, 0.717) is 67.1 Å². The Kier molecular flexibility index (Phi) is 9.74. The van der Waals surface area contributed by atoms with Gasteiger partial charge in [0.05, 0.1) is 30.0 Å². The monoisotopic (exact) mass is 649 g/mol. The summed E-state index contributed by atoms with van der Waals surface area (Å²) in [5.41, 5.74) is 2.53. The fourth-order valence-electron chi connectivity index (χ4n) is 5.27. The van der Waals surface area contributed by atoms with Gasteiger partial charge < -0.3 is 19.1 Å². The summed E-state index contributed by atoms with van der Waals surface area (Å²) in [6, 6.07) is 15.7. The summed E-state index contributed by atoms with van der Waals surface area (Å²) in [6.45, 7) is 6.78. The van der Waals surface area contributed by atoms with Gasteiger partial charge in [-0.1, -0.05) is 35.1 Å². The zero-order valence-corrected chi connectivity index (χ0v) is 27.2. The normalized spacial score (nSPS) is 14.6. The van der Waals surface area contributed by atoms with Crippen LogP contribution in [0.25, 0.3) is 6.08 Å². The Hall–Kier alpha value is -4.41. The highest BCUT2D eigenvalue weighted by Gasteiger charge is 2.36. The zero-order chi connectivity index (χ0) is 32.2. The minimum atomic E-state index is -0.824. The molecule has 8 nitrogen and oxygen atoms in total. The van der Waals surface area contributed by atoms with Crippen LogP contribution in [0.3, 0.4) is 0 Å². The Bertz CT molecular complexity index is 1950. The van der Waals surface area contributed by atoms with Crippen molar-refractivity contribution in [2.24, 2.45) is 4.99 Å². The van der Waals surface area contributed by atoms with Crippen LogP contribution in [-0.4, -0.2) is 42.7 Å². The van der Waals surface area contributed by atoms with Crippen molar-refractivity contribution in [3.8, 4) is 17.2 Å². The second-order valence-corrected chi connectivity index (χ2v) is 11.7. The Morgan fingerprint density at radius 2 is 1.76 bits per heavy atom. The number of hydrogen-bond acceptors (Lipinski definition) is 7. The van der Waals surface area contributed by atoms with Gasteiger partial charge in [-0.25, -0.2) is 9.38 Å². The van der Waals surface area contributed by atoms with Crippen molar-refractivity contribution in [2.45, 2.75) is 33.4 Å². The van der Waals surface area contributed by atoms with Crippen LogP contribution in [0.15, 0.2) is 81.7 Å². The summed E-state index contributed by atoms with van der Waals surface area (Å²) in [5, 5.41) is 0.463. The van der Waals surface area contributed by atoms with Crippen LogP contribution in [0.1, 0.15) is 43.5 Å². The maximum absolute atomic E-state index is 14.3. The fourth-order valence-corrected chi connectivity index (χ4v) is 6.49. The molecular formula is C34H33ClFN3O5S. The van der Waals surface area contributed by atoms with Crippen molar-refractivity contribution < 1.29 is 23.4 Å². The molecule has 0 saturated carbocycles. The van der Waals surface area contributed by atoms with Crippen LogP contribution in [0, 0.1) is 5.82 Å². The smallest absolute Gasteiger partial charge is 0.271 e. The minimum absolute atomic E-state index is 0.190. The quantitative estimate of drug-likeness (QED) is 0.227. The summed E-state index contributed by atoms with van der Waals surface area (Å²) in [6.07, 6.45) is 1.71. The molecule has 1 atom stereocenters. The number of methoxy groups -OCH3 is 2. The number of carbonyl (C=O) groups excluding carboxylic acids is 1. The Labute approximate surface area is 269 Å². The molecule has 1 aromatic heterocycles. The first-order chi connectivity index (χ1) is 21.7. The number of halogens is 2. The lowest BCUT2D eigenvalue weighted by Crippen LogP contribution is -2.43. The molecule has 1 aliphatic rings. The molecule has 1 aliphatic heterocycles. The van der Waals surface area contributed by atoms with Crippen molar-refractivity contribution in [3.63, 3.8) is 0 Å². The van der Waals surface area contributed by atoms with E-state index in [4.69, 9.17) is 30.8 Å². The van der Waals surface area contributed by atoms with Gasteiger partial charge in [-0.05, 0) is 80.9 Å². The SMILES string of the molecule is CCN(CC)C(=O)C1=C(C)N=c2s/c(=C/c3cc(Cl)ccc3OCc3ccc(F)cc3)c(=O)n2[C@@H]1c1cc(OC)ccc1OC. The maximum Gasteiger partial charge on any atom is 0.271 e. The second-order valence-electron chi connectivity index (χ2n) is 10.3. The van der Waals surface area contributed by atoms with E-state index in [1.807, 2.05) is 13.8 Å². The van der Waals surface area contributed by atoms with Gasteiger partial charge >= 0.3 is 0 Å². The molecule has 0 radical (unpaired) electrons. The predicted molar refractivity (Wildman–Crippen MR) is 173 cm³/mol. The van der Waals surface area contributed by atoms with Crippen molar-refractivity contribution in [3.05, 3.63) is 119 Å². The summed E-state index contributed by atoms with van der Waals surface area (Å²) in [4.78, 5) is 35.2. The van der Waals surface area contributed by atoms with Gasteiger partial charge in [-0.2, -0.15) is 0 Å². The summed E-state index contributed by atoms with van der Waals surface area (Å²) >= 11 is 7.57. The average Bonchev–Trinajstić information content (AvgIpc) is 3.34. The molecule has 45 heavy (non-hydrogen) atoms. The highest BCUT2D eigenvalue weighted by molar-refractivity contribution is 7.07. The van der Waals surface area contributed by atoms with Gasteiger partial charge in [-0.15, -0.1) is 0 Å². The third-order valence-corrected chi connectivity index (χ3v) is 8.82. The molecule has 0 spiro atoms. The number of hydrogen-bond donors (Lipinski definition) is 0. The van der Waals surface area contributed by atoms with Crippen molar-refractivity contribution in [1.82, 2.24) is 9.47 Å². The number of amides is 1. The van der Waals surface area contributed by atoms with Crippen LogP contribution < -0.4 is 29.1 Å². The Morgan fingerprint density at radius 1 is 1.04 bits per heavy atom. The number of carbonyl (C=O) groups is 1. The standard InChI is InChI=1S/C34H33ClFN3O5S/c1-6-38(7-2)33(41)30-20(3)37-34-39(31(30)26-18-25(42-4)13-15-28(26)43-5)32(40)29(45-34)17-22-16-23(35)10-14-27(22)44-19-21-8-11-24(36)12-9-21/h8-18,31H,6-7,19H2,1-5H3/b29-17+/t31-/m1/s1. The summed E-state index contributed by atoms with van der Waals surface area (Å²) in [5.74, 6) is 1.01. The molecule has 0 fully saturated rings. The van der Waals surface area contributed by atoms with Crippen LogP contribution in [0.2, 0.25) is 5.02 Å². The number of thiazole rings is 1. The molecule has 1 amide bonds. The molecular weight excluding hydrogens is 617 g/mol. The second kappa shape index (κ2) is 13.7. The third-order valence-electron chi connectivity index (χ3n) is 7.60. The first-order valence-corrected chi connectivity index (χ1v) is 15.6. The minimum Gasteiger partial charge on any atom is -0.497 e. The number of likely N-dealkylation sites (N-methyl/N-ethyl adjacent to an activating group) is 1. The van der Waals surface area contributed by atoms with Crippen LogP contribution in [0.5, 0.6) is 17.2 Å². The topological polar surface area (TPSA) is 82.4 Å². The van der Waals surface area contributed by atoms with E-state index in [9.17, 15) is 14.0 Å². The zero-order valence-electron chi connectivity index (χ0n) is 25.6. The number of ether oxygens (including phenoxy) is 3. The van der Waals surface area contributed by atoms with E-state index in [1.54, 1.807) is 85.2 Å². The first-order valence-electron chi connectivity index (χ1n) is 14.4. The molecule has 5 rings (SSSR count). The van der Waals surface area contributed by atoms with Crippen molar-refractivity contribution >= 4 is 34.9 Å². The molecule has 0 N–H and O–H groups in total. The van der Waals surface area contributed by atoms with Crippen molar-refractivity contribution in [2.75, 3.05) is 27.3 Å². The van der Waals surface area contributed by atoms with E-state index >= 15 is 0 Å². The molecule has 0 saturated heterocycles. The lowest BCUT2D eigenvalue weighted by atomic mass is 9.93. The van der Waals surface area contributed by atoms with E-state index in [2.05, 4.69) is 0 Å². The summed E-state index contributed by atoms with van der Waals surface area (Å²) < 4.78 is 32.6. The highest BCUT2D eigenvalue weighted by atomic mass is 35.5. The Morgan fingerprint density at radius 3 is 2.42 bits per heavy atom. The van der Waals surface area contributed by atoms with Crippen LogP contribution >= 0.6 is 22.9 Å². The highest BCUT2D eigenvalue weighted by Crippen LogP contribution is 2.38. The number of benzene rings is 3. The lowest BCUT2D eigenvalue weighted by Gasteiger charge is -2.30. The van der Waals surface area contributed by atoms with Crippen LogP contribution in [-0.2, 0) is 11.4 Å². The molecule has 11 heteroatoms. The van der Waals surface area contributed by atoms with E-state index in [-0.39, 0.29) is 23.9 Å². The Balaban J connectivity index is 1.68. The van der Waals surface area contributed by atoms with Gasteiger partial charge in [-0.3, -0.25) is 14.2 Å². The van der Waals surface area contributed by atoms with E-state index in [0.717, 1.165) is 5.56 Å². The van der Waals surface area contributed by atoms with E-state index < -0.39 is 6.04 Å². The number of nitrogens with zero attached hydrogens (tertiary/aromatic N) is 3. The van der Waals surface area contributed by atoms with Gasteiger partial charge in [0.25, 0.3) is 11.5 Å². The van der Waals surface area contributed by atoms with Gasteiger partial charge in [0.1, 0.15) is 35.7 Å². The fraction of sp³-hybridized carbons (Fsp3) is 0.265. The van der Waals surface area contributed by atoms with Crippen LogP contribution in [0.4, 0.5) is 4.39 Å². The van der Waals surface area contributed by atoms with Gasteiger partial charge in [0.2, 0.25) is 0 Å². The molecule has 4 aromatic rings. The number of aromatic nitrogens is 1. The maximum atomic E-state index is 14.3. The summed E-state index contributed by atoms with van der Waals surface area (Å²) in [7, 11) is 3.10. The average molecular weight is 650 g/mol. The van der Waals surface area contributed by atoms with Gasteiger partial charge in [0, 0.05) is 29.2 Å². The third kappa shape index (κ3) is 6.53. The number of allylic oxidation sites excluding steroid dienone is 1. The lowest BCUT2D eigenvalue weighted by molar-refractivity contribution is -0.127. The molecule has 3 aromatic carbocycles. The molecule has 2 heterocycles. The van der Waals surface area contributed by atoms with E-state index in [1.165, 1.54) is 23.5 Å². The molecule has 0 unspecified atom stereocenters. The van der Waals surface area contributed by atoms with Gasteiger partial charge in [0.15, 0.2) is 4.80 Å². The largest absolute Gasteiger partial charge is 0.497 e. The van der Waals surface area contributed by atoms with Crippen molar-refractivity contribution in [1.29, 1.82) is 0 Å².